The summed E-state index contributed by atoms with van der Waals surface area (Å²) in [5.74, 6) is -2.65. The van der Waals surface area contributed by atoms with Gasteiger partial charge in [-0.25, -0.2) is 8.78 Å². The topological polar surface area (TPSA) is 40.6 Å². The molecule has 26 heavy (non-hydrogen) atoms. The van der Waals surface area contributed by atoms with Gasteiger partial charge in [-0.1, -0.05) is 30.3 Å². The third kappa shape index (κ3) is 4.40. The van der Waals surface area contributed by atoms with Gasteiger partial charge >= 0.3 is 0 Å². The van der Waals surface area contributed by atoms with Crippen molar-refractivity contribution in [2.75, 3.05) is 19.6 Å². The summed E-state index contributed by atoms with van der Waals surface area (Å²) in [5, 5.41) is 0. The lowest BCUT2D eigenvalue weighted by Crippen LogP contribution is -2.60. The van der Waals surface area contributed by atoms with E-state index in [0.29, 0.717) is 32.4 Å². The molecule has 1 saturated heterocycles. The monoisotopic (exact) mass is 364 g/mol. The molecular weight excluding hydrogens is 338 g/mol. The van der Waals surface area contributed by atoms with Gasteiger partial charge in [-0.3, -0.25) is 9.59 Å². The van der Waals surface area contributed by atoms with Crippen molar-refractivity contribution in [1.29, 1.82) is 0 Å². The van der Waals surface area contributed by atoms with Gasteiger partial charge in [0.05, 0.1) is 6.54 Å². The molecule has 0 radical (unpaired) electrons. The minimum atomic E-state index is -2.57. The second-order valence-corrected chi connectivity index (χ2v) is 7.52. The van der Waals surface area contributed by atoms with Gasteiger partial charge in [0.1, 0.15) is 6.04 Å². The van der Waals surface area contributed by atoms with E-state index in [1.165, 1.54) is 0 Å². The third-order valence-corrected chi connectivity index (χ3v) is 5.59. The standard InChI is InChI=1S/C20H26F2N2O2/c1-15-19(26)23(12-9-16-5-3-2-4-6-16)14-18(25)24(15)13-17-7-10-20(21,22)11-8-17/h2-6,15,17H,7-14H2,1H3/t15-/m1/s1. The molecule has 0 bridgehead atoms. The Morgan fingerprint density at radius 2 is 1.77 bits per heavy atom. The van der Waals surface area contributed by atoms with Gasteiger partial charge in [0.2, 0.25) is 17.7 Å². The number of benzene rings is 1. The number of nitrogens with zero attached hydrogens (tertiary/aromatic N) is 2. The van der Waals surface area contributed by atoms with Crippen LogP contribution >= 0.6 is 0 Å². The lowest BCUT2D eigenvalue weighted by atomic mass is 9.86. The van der Waals surface area contributed by atoms with Crippen LogP contribution in [0.2, 0.25) is 0 Å². The number of alkyl halides is 2. The molecule has 142 valence electrons. The molecule has 0 N–H and O–H groups in total. The summed E-state index contributed by atoms with van der Waals surface area (Å²) in [4.78, 5) is 28.4. The normalized spacial score (nSPS) is 24.2. The highest BCUT2D eigenvalue weighted by Gasteiger charge is 2.40. The van der Waals surface area contributed by atoms with Gasteiger partial charge in [-0.2, -0.15) is 0 Å². The Morgan fingerprint density at radius 1 is 1.12 bits per heavy atom. The first-order valence-electron chi connectivity index (χ1n) is 9.36. The molecule has 0 spiro atoms. The molecule has 0 aromatic heterocycles. The maximum Gasteiger partial charge on any atom is 0.248 e. The van der Waals surface area contributed by atoms with Crippen LogP contribution in [0.3, 0.4) is 0 Å². The minimum absolute atomic E-state index is 0.0540. The Morgan fingerprint density at radius 3 is 2.42 bits per heavy atom. The zero-order valence-corrected chi connectivity index (χ0v) is 15.2. The van der Waals surface area contributed by atoms with Crippen molar-refractivity contribution in [3.8, 4) is 0 Å². The van der Waals surface area contributed by atoms with Crippen molar-refractivity contribution < 1.29 is 18.4 Å². The van der Waals surface area contributed by atoms with E-state index in [2.05, 4.69) is 0 Å². The Kier molecular flexibility index (Phi) is 5.58. The number of halogens is 2. The summed E-state index contributed by atoms with van der Waals surface area (Å²) in [7, 11) is 0. The Hall–Kier alpha value is -1.98. The molecule has 3 rings (SSSR count). The van der Waals surface area contributed by atoms with E-state index in [1.807, 2.05) is 30.3 Å². The minimum Gasteiger partial charge on any atom is -0.331 e. The summed E-state index contributed by atoms with van der Waals surface area (Å²) in [6.07, 6.45) is 1.30. The Bertz CT molecular complexity index is 640. The van der Waals surface area contributed by atoms with Crippen LogP contribution in [0.15, 0.2) is 30.3 Å². The van der Waals surface area contributed by atoms with Gasteiger partial charge < -0.3 is 9.80 Å². The summed E-state index contributed by atoms with van der Waals surface area (Å²) in [6.45, 7) is 2.75. The first-order chi connectivity index (χ1) is 12.4. The fourth-order valence-corrected chi connectivity index (χ4v) is 3.86. The van der Waals surface area contributed by atoms with E-state index in [1.54, 1.807) is 16.7 Å². The van der Waals surface area contributed by atoms with Crippen molar-refractivity contribution in [3.05, 3.63) is 35.9 Å². The van der Waals surface area contributed by atoms with Crippen molar-refractivity contribution in [2.45, 2.75) is 51.0 Å². The predicted molar refractivity (Wildman–Crippen MR) is 94.8 cm³/mol. The summed E-state index contributed by atoms with van der Waals surface area (Å²) < 4.78 is 26.6. The average Bonchev–Trinajstić information content (AvgIpc) is 2.63. The zero-order valence-electron chi connectivity index (χ0n) is 15.2. The number of hydrogen-bond donors (Lipinski definition) is 0. The SMILES string of the molecule is C[C@@H]1C(=O)N(CCc2ccccc2)CC(=O)N1CC1CCC(F)(F)CC1. The fraction of sp³-hybridized carbons (Fsp3) is 0.600. The van der Waals surface area contributed by atoms with Gasteiger partial charge in [-0.05, 0) is 37.7 Å². The Labute approximate surface area is 153 Å². The first-order valence-corrected chi connectivity index (χ1v) is 9.36. The predicted octanol–water partition coefficient (Wildman–Crippen LogP) is 3.11. The number of amides is 2. The van der Waals surface area contributed by atoms with Crippen molar-refractivity contribution in [3.63, 3.8) is 0 Å². The molecule has 1 atom stereocenters. The molecule has 2 aliphatic rings. The highest BCUT2D eigenvalue weighted by Crippen LogP contribution is 2.36. The highest BCUT2D eigenvalue weighted by atomic mass is 19.3. The first kappa shape index (κ1) is 18.8. The van der Waals surface area contributed by atoms with Crippen LogP contribution in [-0.2, 0) is 16.0 Å². The van der Waals surface area contributed by atoms with Crippen LogP contribution in [0.5, 0.6) is 0 Å². The molecule has 1 saturated carbocycles. The quantitative estimate of drug-likeness (QED) is 0.805. The maximum absolute atomic E-state index is 13.3. The van der Waals surface area contributed by atoms with Gasteiger partial charge in [-0.15, -0.1) is 0 Å². The van der Waals surface area contributed by atoms with Crippen molar-refractivity contribution in [2.24, 2.45) is 5.92 Å². The zero-order chi connectivity index (χ0) is 18.7. The maximum atomic E-state index is 13.3. The summed E-state index contributed by atoms with van der Waals surface area (Å²) in [5.41, 5.74) is 1.13. The van der Waals surface area contributed by atoms with Crippen LogP contribution < -0.4 is 0 Å². The average molecular weight is 364 g/mol. The second-order valence-electron chi connectivity index (χ2n) is 7.52. The molecule has 1 aromatic carbocycles. The molecule has 1 heterocycles. The highest BCUT2D eigenvalue weighted by molar-refractivity contribution is 5.94. The van der Waals surface area contributed by atoms with Gasteiger partial charge in [0, 0.05) is 25.9 Å². The summed E-state index contributed by atoms with van der Waals surface area (Å²) in [6, 6.07) is 9.35. The van der Waals surface area contributed by atoms with E-state index in [4.69, 9.17) is 0 Å². The van der Waals surface area contributed by atoms with E-state index in [0.717, 1.165) is 5.56 Å². The van der Waals surface area contributed by atoms with E-state index in [9.17, 15) is 18.4 Å². The van der Waals surface area contributed by atoms with Gasteiger partial charge in [0.25, 0.3) is 0 Å². The second kappa shape index (κ2) is 7.72. The van der Waals surface area contributed by atoms with Crippen LogP contribution in [0.1, 0.15) is 38.2 Å². The van der Waals surface area contributed by atoms with Crippen molar-refractivity contribution in [1.82, 2.24) is 9.80 Å². The third-order valence-electron chi connectivity index (χ3n) is 5.59. The van der Waals surface area contributed by atoms with E-state index in [-0.39, 0.29) is 37.1 Å². The number of hydrogen-bond acceptors (Lipinski definition) is 2. The van der Waals surface area contributed by atoms with Crippen LogP contribution in [0.25, 0.3) is 0 Å². The summed E-state index contributed by atoms with van der Waals surface area (Å²) >= 11 is 0. The molecular formula is C20H26F2N2O2. The number of carbonyl (C=O) groups is 2. The van der Waals surface area contributed by atoms with Crippen LogP contribution in [-0.4, -0.2) is 53.2 Å². The molecule has 1 aliphatic heterocycles. The van der Waals surface area contributed by atoms with Crippen LogP contribution in [0, 0.1) is 5.92 Å². The van der Waals surface area contributed by atoms with Gasteiger partial charge in [0.15, 0.2) is 0 Å². The molecule has 4 nitrogen and oxygen atoms in total. The molecule has 1 aromatic rings. The number of piperazine rings is 1. The number of carbonyl (C=O) groups excluding carboxylic acids is 2. The number of rotatable bonds is 5. The molecule has 2 amide bonds. The van der Waals surface area contributed by atoms with Crippen LogP contribution in [0.4, 0.5) is 8.78 Å². The molecule has 0 unspecified atom stereocenters. The van der Waals surface area contributed by atoms with E-state index < -0.39 is 12.0 Å². The molecule has 1 aliphatic carbocycles. The lowest BCUT2D eigenvalue weighted by Gasteiger charge is -2.41. The molecule has 6 heteroatoms. The van der Waals surface area contributed by atoms with E-state index >= 15 is 0 Å². The lowest BCUT2D eigenvalue weighted by molar-refractivity contribution is -0.156. The van der Waals surface area contributed by atoms with Crippen molar-refractivity contribution >= 4 is 11.8 Å². The smallest absolute Gasteiger partial charge is 0.248 e. The Balaban J connectivity index is 1.55. The largest absolute Gasteiger partial charge is 0.331 e. The fourth-order valence-electron chi connectivity index (χ4n) is 3.86. The molecule has 2 fully saturated rings.